The minimum absolute atomic E-state index is 0. The van der Waals surface area contributed by atoms with E-state index in [4.69, 9.17) is 0 Å². The first-order chi connectivity index (χ1) is 10.7. The summed E-state index contributed by atoms with van der Waals surface area (Å²) in [6.07, 6.45) is 3.36. The molecule has 6 nitrogen and oxygen atoms in total. The number of pyridine rings is 1. The second-order valence-corrected chi connectivity index (χ2v) is 6.21. The molecule has 24 heavy (non-hydrogen) atoms. The number of thiazole rings is 1. The summed E-state index contributed by atoms with van der Waals surface area (Å²) in [6.45, 7) is 1.83. The summed E-state index contributed by atoms with van der Waals surface area (Å²) < 4.78 is 0. The van der Waals surface area contributed by atoms with Crippen LogP contribution in [-0.4, -0.2) is 46.7 Å². The lowest BCUT2D eigenvalue weighted by Crippen LogP contribution is -2.35. The van der Waals surface area contributed by atoms with Crippen molar-refractivity contribution in [3.8, 4) is 10.6 Å². The SMILES string of the molecule is Cl.Cl.O=C(Cc1csc(-c2cccnc2)n1)NCC1CNCC1O. The maximum Gasteiger partial charge on any atom is 0.226 e. The number of β-amino-alcohol motifs (C(OH)–C–C–N with tert-alkyl or cyclic N) is 1. The highest BCUT2D eigenvalue weighted by Gasteiger charge is 2.25. The molecule has 2 aromatic rings. The summed E-state index contributed by atoms with van der Waals surface area (Å²) in [5.74, 6) is 0.0208. The van der Waals surface area contributed by atoms with E-state index < -0.39 is 0 Å². The van der Waals surface area contributed by atoms with Crippen molar-refractivity contribution >= 4 is 42.1 Å². The molecule has 1 fully saturated rings. The highest BCUT2D eigenvalue weighted by Crippen LogP contribution is 2.22. The van der Waals surface area contributed by atoms with Gasteiger partial charge in [0.05, 0.1) is 18.2 Å². The highest BCUT2D eigenvalue weighted by molar-refractivity contribution is 7.13. The monoisotopic (exact) mass is 390 g/mol. The molecule has 132 valence electrons. The van der Waals surface area contributed by atoms with Crippen molar-refractivity contribution in [2.24, 2.45) is 5.92 Å². The van der Waals surface area contributed by atoms with Crippen molar-refractivity contribution < 1.29 is 9.90 Å². The van der Waals surface area contributed by atoms with Crippen molar-refractivity contribution in [2.45, 2.75) is 12.5 Å². The van der Waals surface area contributed by atoms with Gasteiger partial charge >= 0.3 is 0 Å². The third-order valence-corrected chi connectivity index (χ3v) is 4.61. The molecule has 3 rings (SSSR count). The predicted molar refractivity (Wildman–Crippen MR) is 98.9 cm³/mol. The Morgan fingerprint density at radius 2 is 2.25 bits per heavy atom. The fourth-order valence-electron chi connectivity index (χ4n) is 2.41. The molecule has 0 bridgehead atoms. The number of nitrogens with one attached hydrogen (secondary N) is 2. The van der Waals surface area contributed by atoms with Gasteiger partial charge < -0.3 is 15.7 Å². The Hall–Kier alpha value is -1.25. The number of aromatic nitrogens is 2. The standard InChI is InChI=1S/C15H18N4O2S.2ClH/c20-13-8-17-6-11(13)7-18-14(21)4-12-9-22-15(19-12)10-2-1-3-16-5-10;;/h1-3,5,9,11,13,17,20H,4,6-8H2,(H,18,21);2*1H. The average molecular weight is 391 g/mol. The number of amides is 1. The summed E-state index contributed by atoms with van der Waals surface area (Å²) >= 11 is 1.51. The quantitative estimate of drug-likeness (QED) is 0.715. The van der Waals surface area contributed by atoms with Crippen LogP contribution in [0.4, 0.5) is 0 Å². The molecule has 1 aliphatic rings. The Morgan fingerprint density at radius 1 is 1.42 bits per heavy atom. The van der Waals surface area contributed by atoms with E-state index in [2.05, 4.69) is 20.6 Å². The number of rotatable bonds is 5. The minimum atomic E-state index is -0.378. The molecule has 1 aliphatic heterocycles. The Labute approximate surface area is 156 Å². The summed E-state index contributed by atoms with van der Waals surface area (Å²) in [5.41, 5.74) is 1.71. The Bertz CT molecular complexity index is 641. The number of aliphatic hydroxyl groups is 1. The minimum Gasteiger partial charge on any atom is -0.391 e. The van der Waals surface area contributed by atoms with Gasteiger partial charge in [0.2, 0.25) is 5.91 Å². The number of halogens is 2. The zero-order valence-electron chi connectivity index (χ0n) is 12.8. The number of aliphatic hydroxyl groups excluding tert-OH is 1. The maximum atomic E-state index is 12.0. The largest absolute Gasteiger partial charge is 0.391 e. The van der Waals surface area contributed by atoms with Gasteiger partial charge in [-0.05, 0) is 12.1 Å². The number of hydrogen-bond acceptors (Lipinski definition) is 6. The van der Waals surface area contributed by atoms with Crippen LogP contribution in [0, 0.1) is 5.92 Å². The van der Waals surface area contributed by atoms with Crippen molar-refractivity contribution in [3.05, 3.63) is 35.6 Å². The molecular formula is C15H20Cl2N4O2S. The van der Waals surface area contributed by atoms with E-state index in [9.17, 15) is 9.90 Å². The van der Waals surface area contributed by atoms with Gasteiger partial charge in [0.25, 0.3) is 0 Å². The average Bonchev–Trinajstić information content (AvgIpc) is 3.15. The molecule has 0 aliphatic carbocycles. The second kappa shape index (κ2) is 9.90. The number of carbonyl (C=O) groups is 1. The third kappa shape index (κ3) is 5.39. The molecule has 0 spiro atoms. The summed E-state index contributed by atoms with van der Waals surface area (Å²) in [7, 11) is 0. The van der Waals surface area contributed by atoms with Gasteiger partial charge in [0.1, 0.15) is 5.01 Å². The molecule has 2 aromatic heterocycles. The molecule has 3 N–H and O–H groups in total. The van der Waals surface area contributed by atoms with E-state index in [1.807, 2.05) is 17.5 Å². The van der Waals surface area contributed by atoms with E-state index in [0.717, 1.165) is 22.8 Å². The Kier molecular flexibility index (Phi) is 8.58. The van der Waals surface area contributed by atoms with Crippen LogP contribution < -0.4 is 10.6 Å². The third-order valence-electron chi connectivity index (χ3n) is 3.67. The zero-order chi connectivity index (χ0) is 15.4. The van der Waals surface area contributed by atoms with Crippen molar-refractivity contribution in [3.63, 3.8) is 0 Å². The van der Waals surface area contributed by atoms with Crippen LogP contribution in [0.2, 0.25) is 0 Å². The smallest absolute Gasteiger partial charge is 0.226 e. The molecule has 2 atom stereocenters. The van der Waals surface area contributed by atoms with Crippen LogP contribution in [0.1, 0.15) is 5.69 Å². The molecular weight excluding hydrogens is 371 g/mol. The van der Waals surface area contributed by atoms with Crippen molar-refractivity contribution in [1.82, 2.24) is 20.6 Å². The molecule has 1 saturated heterocycles. The van der Waals surface area contributed by atoms with E-state index in [0.29, 0.717) is 13.1 Å². The predicted octanol–water partition coefficient (Wildman–Crippen LogP) is 1.29. The van der Waals surface area contributed by atoms with Gasteiger partial charge in [-0.15, -0.1) is 36.2 Å². The van der Waals surface area contributed by atoms with Crippen LogP contribution in [0.25, 0.3) is 10.6 Å². The second-order valence-electron chi connectivity index (χ2n) is 5.35. The highest BCUT2D eigenvalue weighted by atomic mass is 35.5. The first-order valence-corrected chi connectivity index (χ1v) is 8.10. The number of hydrogen-bond donors (Lipinski definition) is 3. The Morgan fingerprint density at radius 3 is 2.92 bits per heavy atom. The van der Waals surface area contributed by atoms with Gasteiger partial charge in [0, 0.05) is 48.9 Å². The summed E-state index contributed by atoms with van der Waals surface area (Å²) in [4.78, 5) is 20.5. The molecule has 0 saturated carbocycles. The van der Waals surface area contributed by atoms with Crippen LogP contribution in [-0.2, 0) is 11.2 Å². The summed E-state index contributed by atoms with van der Waals surface area (Å²) in [6, 6.07) is 3.81. The van der Waals surface area contributed by atoms with Gasteiger partial charge in [0.15, 0.2) is 0 Å². The Balaban J connectivity index is 0.00000144. The van der Waals surface area contributed by atoms with Gasteiger partial charge in [-0.2, -0.15) is 0 Å². The van der Waals surface area contributed by atoms with Crippen LogP contribution >= 0.6 is 36.2 Å². The lowest BCUT2D eigenvalue weighted by molar-refractivity contribution is -0.120. The normalized spacial score (nSPS) is 19.2. The van der Waals surface area contributed by atoms with Gasteiger partial charge in [-0.1, -0.05) is 0 Å². The lowest BCUT2D eigenvalue weighted by Gasteiger charge is -2.13. The zero-order valence-corrected chi connectivity index (χ0v) is 15.3. The topological polar surface area (TPSA) is 87.1 Å². The first-order valence-electron chi connectivity index (χ1n) is 7.22. The van der Waals surface area contributed by atoms with E-state index >= 15 is 0 Å². The summed E-state index contributed by atoms with van der Waals surface area (Å²) in [5, 5.41) is 18.4. The maximum absolute atomic E-state index is 12.0. The molecule has 0 radical (unpaired) electrons. The molecule has 0 aromatic carbocycles. The van der Waals surface area contributed by atoms with Gasteiger partial charge in [-0.3, -0.25) is 9.78 Å². The fraction of sp³-hybridized carbons (Fsp3) is 0.400. The number of carbonyl (C=O) groups excluding carboxylic acids is 1. The van der Waals surface area contributed by atoms with Crippen LogP contribution in [0.3, 0.4) is 0 Å². The van der Waals surface area contributed by atoms with E-state index in [1.165, 1.54) is 11.3 Å². The number of nitrogens with zero attached hydrogens (tertiary/aromatic N) is 2. The fourth-order valence-corrected chi connectivity index (χ4v) is 3.22. The van der Waals surface area contributed by atoms with E-state index in [1.54, 1.807) is 12.4 Å². The first kappa shape index (κ1) is 20.8. The molecule has 3 heterocycles. The van der Waals surface area contributed by atoms with E-state index in [-0.39, 0.29) is 49.2 Å². The molecule has 2 unspecified atom stereocenters. The van der Waals surface area contributed by atoms with Crippen molar-refractivity contribution in [2.75, 3.05) is 19.6 Å². The van der Waals surface area contributed by atoms with Crippen molar-refractivity contribution in [1.29, 1.82) is 0 Å². The molecule has 1 amide bonds. The van der Waals surface area contributed by atoms with Crippen LogP contribution in [0.5, 0.6) is 0 Å². The van der Waals surface area contributed by atoms with Gasteiger partial charge in [-0.25, -0.2) is 4.98 Å². The lowest BCUT2D eigenvalue weighted by atomic mass is 10.1. The van der Waals surface area contributed by atoms with Crippen LogP contribution in [0.15, 0.2) is 29.9 Å². The molecule has 9 heteroatoms.